The van der Waals surface area contributed by atoms with Crippen LogP contribution in [0.2, 0.25) is 0 Å². The number of fused-ring (bicyclic) bond motifs is 2. The number of nitrogens with zero attached hydrogens (tertiary/aromatic N) is 1. The van der Waals surface area contributed by atoms with Crippen molar-refractivity contribution in [3.8, 4) is 0 Å². The molecular weight excluding hydrogens is 198 g/mol. The van der Waals surface area contributed by atoms with Gasteiger partial charge in [-0.05, 0) is 26.2 Å². The van der Waals surface area contributed by atoms with Gasteiger partial charge in [0.25, 0.3) is 0 Å². The lowest BCUT2D eigenvalue weighted by Crippen LogP contribution is -2.53. The van der Waals surface area contributed by atoms with E-state index in [1.165, 1.54) is 6.92 Å². The van der Waals surface area contributed by atoms with Crippen molar-refractivity contribution in [1.29, 1.82) is 0 Å². The Bertz CT molecular complexity index is 316. The molecule has 2 amide bonds. The molecule has 0 aromatic heterocycles. The van der Waals surface area contributed by atoms with Crippen LogP contribution in [0.3, 0.4) is 0 Å². The molecule has 1 aliphatic carbocycles. The van der Waals surface area contributed by atoms with Gasteiger partial charge in [0.2, 0.25) is 11.8 Å². The van der Waals surface area contributed by atoms with Gasteiger partial charge in [-0.25, -0.2) is 4.79 Å². The van der Waals surface area contributed by atoms with Crippen LogP contribution in [-0.2, 0) is 14.4 Å². The van der Waals surface area contributed by atoms with E-state index in [1.54, 1.807) is 0 Å². The van der Waals surface area contributed by atoms with Crippen molar-refractivity contribution in [1.82, 2.24) is 4.90 Å². The Kier molecular flexibility index (Phi) is 2.25. The molecule has 2 bridgehead atoms. The molecule has 5 heteroatoms. The maximum atomic E-state index is 11.8. The number of rotatable bonds is 2. The van der Waals surface area contributed by atoms with Gasteiger partial charge < -0.3 is 5.11 Å². The molecule has 1 N–H and O–H groups in total. The first-order chi connectivity index (χ1) is 7.02. The summed E-state index contributed by atoms with van der Waals surface area (Å²) in [6.45, 7) is 1.38. The molecule has 5 nitrogen and oxygen atoms in total. The number of carboxylic acid groups (broad SMARTS) is 1. The predicted molar refractivity (Wildman–Crippen MR) is 49.8 cm³/mol. The van der Waals surface area contributed by atoms with Crippen LogP contribution in [0.4, 0.5) is 0 Å². The van der Waals surface area contributed by atoms with Crippen LogP contribution in [0, 0.1) is 11.8 Å². The number of piperidine rings is 1. The molecule has 3 unspecified atom stereocenters. The van der Waals surface area contributed by atoms with Gasteiger partial charge >= 0.3 is 5.97 Å². The first kappa shape index (κ1) is 10.1. The quantitative estimate of drug-likeness (QED) is 0.664. The molecule has 1 saturated carbocycles. The summed E-state index contributed by atoms with van der Waals surface area (Å²) in [6, 6.07) is -1.03. The second-order valence-corrected chi connectivity index (χ2v) is 4.27. The normalized spacial score (nSPS) is 31.9. The number of hydrogen-bond donors (Lipinski definition) is 1. The first-order valence-electron chi connectivity index (χ1n) is 5.12. The Hall–Kier alpha value is -1.39. The summed E-state index contributed by atoms with van der Waals surface area (Å²) in [5.41, 5.74) is 0. The maximum Gasteiger partial charge on any atom is 0.326 e. The van der Waals surface area contributed by atoms with Gasteiger partial charge in [0.05, 0.1) is 0 Å². The Morgan fingerprint density at radius 3 is 2.20 bits per heavy atom. The van der Waals surface area contributed by atoms with Crippen molar-refractivity contribution < 1.29 is 19.5 Å². The highest BCUT2D eigenvalue weighted by atomic mass is 16.4. The molecule has 2 aliphatic rings. The molecular formula is C10H13NO4. The van der Waals surface area contributed by atoms with Crippen LogP contribution in [0.15, 0.2) is 0 Å². The summed E-state index contributed by atoms with van der Waals surface area (Å²) in [5.74, 6) is -1.99. The van der Waals surface area contributed by atoms with Gasteiger partial charge in [0.1, 0.15) is 6.04 Å². The second kappa shape index (κ2) is 3.32. The number of hydrogen-bond acceptors (Lipinski definition) is 3. The van der Waals surface area contributed by atoms with E-state index in [0.717, 1.165) is 17.7 Å². The van der Waals surface area contributed by atoms with E-state index in [-0.39, 0.29) is 23.7 Å². The minimum Gasteiger partial charge on any atom is -0.480 e. The largest absolute Gasteiger partial charge is 0.480 e. The fraction of sp³-hybridized carbons (Fsp3) is 0.700. The third kappa shape index (κ3) is 1.42. The van der Waals surface area contributed by atoms with Crippen LogP contribution >= 0.6 is 0 Å². The zero-order valence-corrected chi connectivity index (χ0v) is 8.47. The number of aliphatic carboxylic acids is 1. The standard InChI is InChI=1S/C10H13NO4/c1-5(10(14)15)11-8(12)6-2-3-7(4-6)9(11)13/h5-7H,2-4H2,1H3,(H,14,15). The zero-order valence-electron chi connectivity index (χ0n) is 8.47. The van der Waals surface area contributed by atoms with E-state index in [0.29, 0.717) is 6.42 Å². The molecule has 15 heavy (non-hydrogen) atoms. The predicted octanol–water partition coefficient (Wildman–Crippen LogP) is 0.245. The number of imide groups is 1. The van der Waals surface area contributed by atoms with Crippen LogP contribution in [0.5, 0.6) is 0 Å². The van der Waals surface area contributed by atoms with E-state index >= 15 is 0 Å². The van der Waals surface area contributed by atoms with E-state index in [1.807, 2.05) is 0 Å². The Labute approximate surface area is 87.1 Å². The number of likely N-dealkylation sites (tertiary alicyclic amines) is 1. The lowest BCUT2D eigenvalue weighted by atomic mass is 9.96. The van der Waals surface area contributed by atoms with Crippen LogP contribution in [0.1, 0.15) is 26.2 Å². The summed E-state index contributed by atoms with van der Waals surface area (Å²) in [4.78, 5) is 35.3. The summed E-state index contributed by atoms with van der Waals surface area (Å²) < 4.78 is 0. The molecule has 1 saturated heterocycles. The van der Waals surface area contributed by atoms with Crippen molar-refractivity contribution in [3.63, 3.8) is 0 Å². The highest BCUT2D eigenvalue weighted by Crippen LogP contribution is 2.38. The second-order valence-electron chi connectivity index (χ2n) is 4.27. The van der Waals surface area contributed by atoms with Crippen molar-refractivity contribution in [2.75, 3.05) is 0 Å². The molecule has 1 heterocycles. The number of carboxylic acids is 1. The van der Waals surface area contributed by atoms with E-state index in [9.17, 15) is 14.4 Å². The Morgan fingerprint density at radius 2 is 1.80 bits per heavy atom. The SMILES string of the molecule is CC(C(=O)O)N1C(=O)C2CCC(C2)C1=O. The fourth-order valence-electron chi connectivity index (χ4n) is 2.42. The zero-order chi connectivity index (χ0) is 11.2. The molecule has 0 spiro atoms. The summed E-state index contributed by atoms with van der Waals surface area (Å²) in [6.07, 6.45) is 2.05. The molecule has 2 fully saturated rings. The van der Waals surface area contributed by atoms with Crippen LogP contribution < -0.4 is 0 Å². The van der Waals surface area contributed by atoms with Gasteiger partial charge in [-0.1, -0.05) is 0 Å². The average Bonchev–Trinajstić information content (AvgIpc) is 2.61. The molecule has 3 atom stereocenters. The molecule has 0 aromatic rings. The van der Waals surface area contributed by atoms with Gasteiger partial charge in [0, 0.05) is 11.8 Å². The van der Waals surface area contributed by atoms with Gasteiger partial charge in [-0.15, -0.1) is 0 Å². The lowest BCUT2D eigenvalue weighted by Gasteiger charge is -2.32. The smallest absolute Gasteiger partial charge is 0.326 e. The maximum absolute atomic E-state index is 11.8. The summed E-state index contributed by atoms with van der Waals surface area (Å²) in [7, 11) is 0. The molecule has 82 valence electrons. The minimum atomic E-state index is -1.13. The van der Waals surface area contributed by atoms with Crippen LogP contribution in [-0.4, -0.2) is 33.8 Å². The number of carbonyl (C=O) groups is 3. The summed E-state index contributed by atoms with van der Waals surface area (Å²) >= 11 is 0. The molecule has 0 aromatic carbocycles. The van der Waals surface area contributed by atoms with Gasteiger partial charge in [-0.2, -0.15) is 0 Å². The molecule has 0 radical (unpaired) electrons. The van der Waals surface area contributed by atoms with E-state index < -0.39 is 12.0 Å². The van der Waals surface area contributed by atoms with E-state index in [4.69, 9.17) is 5.11 Å². The van der Waals surface area contributed by atoms with Crippen molar-refractivity contribution in [2.24, 2.45) is 11.8 Å². The number of amides is 2. The van der Waals surface area contributed by atoms with Crippen LogP contribution in [0.25, 0.3) is 0 Å². The fourth-order valence-corrected chi connectivity index (χ4v) is 2.42. The molecule has 1 aliphatic heterocycles. The third-order valence-electron chi connectivity index (χ3n) is 3.35. The van der Waals surface area contributed by atoms with Gasteiger partial charge in [-0.3, -0.25) is 14.5 Å². The van der Waals surface area contributed by atoms with E-state index in [2.05, 4.69) is 0 Å². The Morgan fingerprint density at radius 1 is 1.33 bits per heavy atom. The summed E-state index contributed by atoms with van der Waals surface area (Å²) in [5, 5.41) is 8.82. The molecule has 2 rings (SSSR count). The monoisotopic (exact) mass is 211 g/mol. The minimum absolute atomic E-state index is 0.130. The average molecular weight is 211 g/mol. The van der Waals surface area contributed by atoms with Crippen molar-refractivity contribution in [2.45, 2.75) is 32.2 Å². The Balaban J connectivity index is 2.27. The van der Waals surface area contributed by atoms with Gasteiger partial charge in [0.15, 0.2) is 0 Å². The highest BCUT2D eigenvalue weighted by molar-refractivity contribution is 6.03. The van der Waals surface area contributed by atoms with Crippen molar-refractivity contribution in [3.05, 3.63) is 0 Å². The number of carbonyl (C=O) groups excluding carboxylic acids is 2. The first-order valence-corrected chi connectivity index (χ1v) is 5.12. The lowest BCUT2D eigenvalue weighted by molar-refractivity contribution is -0.163. The topological polar surface area (TPSA) is 74.7 Å². The third-order valence-corrected chi connectivity index (χ3v) is 3.35. The highest BCUT2D eigenvalue weighted by Gasteiger charge is 2.48. The van der Waals surface area contributed by atoms with Crippen molar-refractivity contribution >= 4 is 17.8 Å².